The lowest BCUT2D eigenvalue weighted by Crippen LogP contribution is -2.32. The number of hydrogen-bond donors (Lipinski definition) is 0. The van der Waals surface area contributed by atoms with Crippen LogP contribution in [0.3, 0.4) is 0 Å². The van der Waals surface area contributed by atoms with Crippen molar-refractivity contribution >= 4 is 54.0 Å². The molecule has 10 heteroatoms. The third-order valence-electron chi connectivity index (χ3n) is 4.92. The molecule has 0 unspecified atom stereocenters. The SMILES string of the molecule is COc1ccc2sc(N(Cc3ccccn3)C(=O)CCS(=O)(=O)c3ccc(Cl)cc3)nc2c1. The van der Waals surface area contributed by atoms with Crippen LogP contribution in [-0.2, 0) is 21.2 Å². The van der Waals surface area contributed by atoms with Gasteiger partial charge in [0.05, 0.1) is 40.2 Å². The van der Waals surface area contributed by atoms with E-state index in [9.17, 15) is 13.2 Å². The van der Waals surface area contributed by atoms with Crippen molar-refractivity contribution in [1.82, 2.24) is 9.97 Å². The first-order valence-corrected chi connectivity index (χ1v) is 12.8. The highest BCUT2D eigenvalue weighted by molar-refractivity contribution is 7.91. The van der Waals surface area contributed by atoms with Crippen LogP contribution >= 0.6 is 22.9 Å². The zero-order valence-corrected chi connectivity index (χ0v) is 20.0. The van der Waals surface area contributed by atoms with E-state index in [1.165, 1.54) is 40.5 Å². The molecule has 0 N–H and O–H groups in total. The van der Waals surface area contributed by atoms with Gasteiger partial charge in [-0.05, 0) is 48.5 Å². The third kappa shape index (κ3) is 5.50. The van der Waals surface area contributed by atoms with Crippen molar-refractivity contribution in [1.29, 1.82) is 0 Å². The molecule has 0 radical (unpaired) electrons. The quantitative estimate of drug-likeness (QED) is 0.346. The number of amides is 1. The van der Waals surface area contributed by atoms with Gasteiger partial charge in [-0.2, -0.15) is 0 Å². The van der Waals surface area contributed by atoms with Gasteiger partial charge < -0.3 is 4.74 Å². The van der Waals surface area contributed by atoms with Crippen molar-refractivity contribution in [2.45, 2.75) is 17.9 Å². The summed E-state index contributed by atoms with van der Waals surface area (Å²) in [7, 11) is -2.07. The van der Waals surface area contributed by atoms with Crippen molar-refractivity contribution in [3.05, 3.63) is 77.6 Å². The highest BCUT2D eigenvalue weighted by Crippen LogP contribution is 2.32. The van der Waals surface area contributed by atoms with E-state index in [-0.39, 0.29) is 29.5 Å². The topological polar surface area (TPSA) is 89.5 Å². The molecule has 7 nitrogen and oxygen atoms in total. The molecule has 2 aromatic heterocycles. The first kappa shape index (κ1) is 23.2. The summed E-state index contributed by atoms with van der Waals surface area (Å²) in [5.74, 6) is -0.0227. The monoisotopic (exact) mass is 501 g/mol. The first-order valence-electron chi connectivity index (χ1n) is 9.99. The average molecular weight is 502 g/mol. The number of rotatable bonds is 8. The highest BCUT2D eigenvalue weighted by atomic mass is 35.5. The van der Waals surface area contributed by atoms with Crippen LogP contribution < -0.4 is 9.64 Å². The fourth-order valence-electron chi connectivity index (χ4n) is 3.17. The number of carbonyl (C=O) groups is 1. The molecule has 1 amide bonds. The largest absolute Gasteiger partial charge is 0.497 e. The zero-order valence-electron chi connectivity index (χ0n) is 17.6. The number of carbonyl (C=O) groups excluding carboxylic acids is 1. The summed E-state index contributed by atoms with van der Waals surface area (Å²) >= 11 is 7.20. The van der Waals surface area contributed by atoms with Crippen molar-refractivity contribution < 1.29 is 17.9 Å². The molecular weight excluding hydrogens is 482 g/mol. The minimum atomic E-state index is -3.65. The molecule has 2 aromatic carbocycles. The number of pyridine rings is 1. The number of halogens is 1. The fraction of sp³-hybridized carbons (Fsp3) is 0.174. The van der Waals surface area contributed by atoms with Gasteiger partial charge in [-0.3, -0.25) is 14.7 Å². The lowest BCUT2D eigenvalue weighted by molar-refractivity contribution is -0.118. The number of methoxy groups -OCH3 is 1. The molecule has 2 heterocycles. The summed E-state index contributed by atoms with van der Waals surface area (Å²) in [6.45, 7) is 0.178. The Morgan fingerprint density at radius 1 is 1.12 bits per heavy atom. The third-order valence-corrected chi connectivity index (χ3v) is 7.96. The Balaban J connectivity index is 1.60. The standard InChI is InChI=1S/C23H20ClN3O4S2/c1-31-18-7-10-21-20(14-18)26-23(32-21)27(15-17-4-2-3-12-25-17)22(28)11-13-33(29,30)19-8-5-16(24)6-9-19/h2-10,12,14H,11,13,15H2,1H3. The van der Waals surface area contributed by atoms with Gasteiger partial charge in [0.1, 0.15) is 5.75 Å². The minimum Gasteiger partial charge on any atom is -0.497 e. The average Bonchev–Trinajstić information content (AvgIpc) is 3.25. The summed E-state index contributed by atoms with van der Waals surface area (Å²) in [6, 6.07) is 16.8. The predicted molar refractivity (Wildman–Crippen MR) is 130 cm³/mol. The van der Waals surface area contributed by atoms with Gasteiger partial charge in [0.2, 0.25) is 5.91 Å². The van der Waals surface area contributed by atoms with Crippen molar-refractivity contribution in [2.75, 3.05) is 17.8 Å². The van der Waals surface area contributed by atoms with Crippen LogP contribution in [0.25, 0.3) is 10.2 Å². The number of nitrogens with zero attached hydrogens (tertiary/aromatic N) is 3. The Morgan fingerprint density at radius 3 is 2.61 bits per heavy atom. The first-order chi connectivity index (χ1) is 15.9. The van der Waals surface area contributed by atoms with E-state index in [1.807, 2.05) is 18.2 Å². The second kappa shape index (κ2) is 9.86. The van der Waals surface area contributed by atoms with Gasteiger partial charge in [-0.1, -0.05) is 29.0 Å². The lowest BCUT2D eigenvalue weighted by atomic mass is 10.3. The number of benzene rings is 2. The second-order valence-corrected chi connectivity index (χ2v) is 10.7. The van der Waals surface area contributed by atoms with E-state index in [2.05, 4.69) is 9.97 Å². The molecule has 4 aromatic rings. The van der Waals surface area contributed by atoms with E-state index < -0.39 is 9.84 Å². The molecule has 170 valence electrons. The Morgan fingerprint density at radius 2 is 1.91 bits per heavy atom. The molecule has 0 saturated carbocycles. The maximum Gasteiger partial charge on any atom is 0.230 e. The molecular formula is C23H20ClN3O4S2. The van der Waals surface area contributed by atoms with Crippen LogP contribution in [0.15, 0.2) is 71.8 Å². The molecule has 0 saturated heterocycles. The molecule has 0 aliphatic carbocycles. The summed E-state index contributed by atoms with van der Waals surface area (Å²) in [4.78, 5) is 23.8. The highest BCUT2D eigenvalue weighted by Gasteiger charge is 2.24. The van der Waals surface area contributed by atoms with Crippen molar-refractivity contribution in [2.24, 2.45) is 0 Å². The Kier molecular flexibility index (Phi) is 6.92. The van der Waals surface area contributed by atoms with E-state index in [0.717, 1.165) is 4.70 Å². The van der Waals surface area contributed by atoms with Gasteiger partial charge in [-0.25, -0.2) is 13.4 Å². The summed E-state index contributed by atoms with van der Waals surface area (Å²) in [5, 5.41) is 0.914. The molecule has 0 fully saturated rings. The molecule has 0 spiro atoms. The number of anilines is 1. The van der Waals surface area contributed by atoms with Crippen LogP contribution in [0.2, 0.25) is 5.02 Å². The van der Waals surface area contributed by atoms with Crippen LogP contribution in [0, 0.1) is 0 Å². The van der Waals surface area contributed by atoms with Gasteiger partial charge >= 0.3 is 0 Å². The summed E-state index contributed by atoms with van der Waals surface area (Å²) < 4.78 is 31.6. The number of ether oxygens (including phenoxy) is 1. The molecule has 4 rings (SSSR count). The molecule has 0 bridgehead atoms. The number of sulfone groups is 1. The zero-order chi connectivity index (χ0) is 23.4. The summed E-state index contributed by atoms with van der Waals surface area (Å²) in [5.41, 5.74) is 1.37. The van der Waals surface area contributed by atoms with Crippen molar-refractivity contribution in [3.8, 4) is 5.75 Å². The molecule has 0 aliphatic rings. The van der Waals surface area contributed by atoms with Crippen LogP contribution in [-0.4, -0.2) is 37.2 Å². The Bertz CT molecular complexity index is 1370. The van der Waals surface area contributed by atoms with Crippen LogP contribution in [0.1, 0.15) is 12.1 Å². The Labute approximate surface area is 200 Å². The van der Waals surface area contributed by atoms with Gasteiger partial charge in [0.15, 0.2) is 15.0 Å². The number of fused-ring (bicyclic) bond motifs is 1. The predicted octanol–water partition coefficient (Wildman–Crippen LogP) is 4.75. The van der Waals surface area contributed by atoms with E-state index in [0.29, 0.717) is 27.1 Å². The number of thiazole rings is 1. The molecule has 33 heavy (non-hydrogen) atoms. The van der Waals surface area contributed by atoms with Gasteiger partial charge in [0, 0.05) is 23.7 Å². The van der Waals surface area contributed by atoms with E-state index in [1.54, 1.807) is 31.5 Å². The van der Waals surface area contributed by atoms with Gasteiger partial charge in [-0.15, -0.1) is 0 Å². The lowest BCUT2D eigenvalue weighted by Gasteiger charge is -2.19. The fourth-order valence-corrected chi connectivity index (χ4v) is 5.49. The summed E-state index contributed by atoms with van der Waals surface area (Å²) in [6.07, 6.45) is 1.45. The minimum absolute atomic E-state index is 0.128. The number of hydrogen-bond acceptors (Lipinski definition) is 7. The maximum absolute atomic E-state index is 13.2. The van der Waals surface area contributed by atoms with Crippen molar-refractivity contribution in [3.63, 3.8) is 0 Å². The smallest absolute Gasteiger partial charge is 0.230 e. The van der Waals surface area contributed by atoms with E-state index >= 15 is 0 Å². The Hall–Kier alpha value is -3.01. The second-order valence-electron chi connectivity index (χ2n) is 7.15. The van der Waals surface area contributed by atoms with Gasteiger partial charge in [0.25, 0.3) is 0 Å². The number of aromatic nitrogens is 2. The molecule has 0 aliphatic heterocycles. The normalized spacial score (nSPS) is 11.5. The molecule has 0 atom stereocenters. The van der Waals surface area contributed by atoms with E-state index in [4.69, 9.17) is 16.3 Å². The van der Waals surface area contributed by atoms with Crippen LogP contribution in [0.5, 0.6) is 5.75 Å². The maximum atomic E-state index is 13.2. The van der Waals surface area contributed by atoms with Crippen LogP contribution in [0.4, 0.5) is 5.13 Å².